The van der Waals surface area contributed by atoms with Crippen molar-refractivity contribution in [1.82, 2.24) is 24.9 Å². The lowest BCUT2D eigenvalue weighted by atomic mass is 10.2. The van der Waals surface area contributed by atoms with Crippen molar-refractivity contribution in [2.75, 3.05) is 0 Å². The molecule has 0 aliphatic carbocycles. The Labute approximate surface area is 126 Å². The second-order valence-electron chi connectivity index (χ2n) is 4.38. The van der Waals surface area contributed by atoms with Crippen LogP contribution in [0.1, 0.15) is 23.9 Å². The maximum atomic E-state index is 12.9. The van der Waals surface area contributed by atoms with Crippen LogP contribution >= 0.6 is 12.4 Å². The second-order valence-corrected chi connectivity index (χ2v) is 4.38. The Bertz CT molecular complexity index is 576. The van der Waals surface area contributed by atoms with E-state index in [0.29, 0.717) is 6.54 Å². The van der Waals surface area contributed by atoms with Gasteiger partial charge in [0.15, 0.2) is 0 Å². The van der Waals surface area contributed by atoms with Gasteiger partial charge in [0.2, 0.25) is 0 Å². The van der Waals surface area contributed by atoms with Gasteiger partial charge in [-0.05, 0) is 13.0 Å². The monoisotopic (exact) mass is 323 g/mol. The third kappa shape index (κ3) is 3.98. The van der Waals surface area contributed by atoms with Crippen molar-refractivity contribution < 1.29 is 13.2 Å². The highest BCUT2D eigenvalue weighted by Gasteiger charge is 2.36. The molecule has 0 amide bonds. The standard InChI is InChI=1S/C12H16F3N5.ClH/c1-3-20-10(4-5-17-20)8-16-6-9-7-18-19(2)11(9)12(13,14)15;/h4-5,7,16H,3,6,8H2,1-2H3;1H. The third-order valence-electron chi connectivity index (χ3n) is 3.01. The number of rotatable bonds is 5. The molecule has 0 saturated heterocycles. The Morgan fingerprint density at radius 1 is 1.24 bits per heavy atom. The van der Waals surface area contributed by atoms with Gasteiger partial charge in [-0.3, -0.25) is 9.36 Å². The van der Waals surface area contributed by atoms with Crippen molar-refractivity contribution in [3.8, 4) is 0 Å². The van der Waals surface area contributed by atoms with Gasteiger partial charge < -0.3 is 5.32 Å². The fraction of sp³-hybridized carbons (Fsp3) is 0.500. The molecular weight excluding hydrogens is 307 g/mol. The number of nitrogens with one attached hydrogen (secondary N) is 1. The highest BCUT2D eigenvalue weighted by atomic mass is 35.5. The van der Waals surface area contributed by atoms with Gasteiger partial charge in [0, 0.05) is 38.4 Å². The van der Waals surface area contributed by atoms with Crippen molar-refractivity contribution in [1.29, 1.82) is 0 Å². The molecule has 0 atom stereocenters. The molecule has 0 aliphatic heterocycles. The summed E-state index contributed by atoms with van der Waals surface area (Å²) in [5.41, 5.74) is 0.363. The van der Waals surface area contributed by atoms with E-state index >= 15 is 0 Å². The molecule has 0 bridgehead atoms. The summed E-state index contributed by atoms with van der Waals surface area (Å²) in [7, 11) is 1.29. The molecule has 0 radical (unpaired) electrons. The largest absolute Gasteiger partial charge is 0.433 e. The van der Waals surface area contributed by atoms with Crippen molar-refractivity contribution in [2.24, 2.45) is 7.05 Å². The summed E-state index contributed by atoms with van der Waals surface area (Å²) in [5, 5.41) is 10.8. The molecule has 118 valence electrons. The number of aryl methyl sites for hydroxylation is 2. The minimum Gasteiger partial charge on any atom is -0.307 e. The molecule has 1 N–H and O–H groups in total. The molecule has 0 aliphatic rings. The fourth-order valence-electron chi connectivity index (χ4n) is 2.10. The summed E-state index contributed by atoms with van der Waals surface area (Å²) in [6, 6.07) is 1.84. The van der Waals surface area contributed by atoms with Crippen LogP contribution in [0.5, 0.6) is 0 Å². The average Bonchev–Trinajstić information content (AvgIpc) is 2.95. The van der Waals surface area contributed by atoms with Crippen LogP contribution in [0, 0.1) is 0 Å². The van der Waals surface area contributed by atoms with Crippen LogP contribution in [0.2, 0.25) is 0 Å². The van der Waals surface area contributed by atoms with Crippen LogP contribution in [-0.2, 0) is 32.9 Å². The van der Waals surface area contributed by atoms with E-state index in [-0.39, 0.29) is 24.5 Å². The molecule has 2 heterocycles. The maximum absolute atomic E-state index is 12.9. The van der Waals surface area contributed by atoms with E-state index in [9.17, 15) is 13.2 Å². The van der Waals surface area contributed by atoms with Crippen LogP contribution in [0.3, 0.4) is 0 Å². The number of aromatic nitrogens is 4. The average molecular weight is 324 g/mol. The molecule has 0 saturated carbocycles. The summed E-state index contributed by atoms with van der Waals surface area (Å²) in [5.74, 6) is 0. The Balaban J connectivity index is 0.00000220. The molecule has 0 aromatic carbocycles. The van der Waals surface area contributed by atoms with E-state index in [0.717, 1.165) is 16.9 Å². The lowest BCUT2D eigenvalue weighted by Crippen LogP contribution is -2.20. The van der Waals surface area contributed by atoms with Crippen LogP contribution in [0.25, 0.3) is 0 Å². The summed E-state index contributed by atoms with van der Waals surface area (Å²) < 4.78 is 41.2. The molecule has 21 heavy (non-hydrogen) atoms. The van der Waals surface area contributed by atoms with Crippen LogP contribution in [0.4, 0.5) is 13.2 Å². The lowest BCUT2D eigenvalue weighted by molar-refractivity contribution is -0.144. The Hall–Kier alpha value is -1.54. The zero-order valence-corrected chi connectivity index (χ0v) is 12.5. The molecule has 0 fully saturated rings. The summed E-state index contributed by atoms with van der Waals surface area (Å²) in [6.07, 6.45) is -1.48. The van der Waals surface area contributed by atoms with Crippen molar-refractivity contribution in [2.45, 2.75) is 32.7 Å². The van der Waals surface area contributed by atoms with E-state index in [1.54, 1.807) is 10.9 Å². The third-order valence-corrected chi connectivity index (χ3v) is 3.01. The van der Waals surface area contributed by atoms with Crippen molar-refractivity contribution in [3.63, 3.8) is 0 Å². The molecule has 5 nitrogen and oxygen atoms in total. The first-order valence-electron chi connectivity index (χ1n) is 6.23. The number of halogens is 4. The van der Waals surface area contributed by atoms with E-state index < -0.39 is 11.9 Å². The minimum atomic E-state index is -4.40. The predicted molar refractivity (Wildman–Crippen MR) is 73.9 cm³/mol. The lowest BCUT2D eigenvalue weighted by Gasteiger charge is -2.11. The summed E-state index contributed by atoms with van der Waals surface area (Å²) in [6.45, 7) is 3.25. The first-order valence-corrected chi connectivity index (χ1v) is 6.23. The molecule has 0 unspecified atom stereocenters. The number of hydrogen-bond donors (Lipinski definition) is 1. The van der Waals surface area contributed by atoms with Crippen molar-refractivity contribution >= 4 is 12.4 Å². The van der Waals surface area contributed by atoms with Gasteiger partial charge in [-0.25, -0.2) is 0 Å². The zero-order chi connectivity index (χ0) is 14.8. The minimum absolute atomic E-state index is 0. The van der Waals surface area contributed by atoms with E-state index in [2.05, 4.69) is 15.5 Å². The van der Waals surface area contributed by atoms with Crippen LogP contribution in [-0.4, -0.2) is 19.6 Å². The van der Waals surface area contributed by atoms with E-state index in [1.165, 1.54) is 13.2 Å². The van der Waals surface area contributed by atoms with Gasteiger partial charge in [-0.1, -0.05) is 0 Å². The van der Waals surface area contributed by atoms with E-state index in [4.69, 9.17) is 0 Å². The molecule has 2 aromatic heterocycles. The molecule has 9 heteroatoms. The molecule has 2 aromatic rings. The van der Waals surface area contributed by atoms with Gasteiger partial charge in [0.25, 0.3) is 0 Å². The second kappa shape index (κ2) is 6.95. The smallest absolute Gasteiger partial charge is 0.307 e. The van der Waals surface area contributed by atoms with Gasteiger partial charge in [0.05, 0.1) is 11.9 Å². The molecule has 0 spiro atoms. The van der Waals surface area contributed by atoms with Gasteiger partial charge in [0.1, 0.15) is 5.69 Å². The Morgan fingerprint density at radius 2 is 1.95 bits per heavy atom. The van der Waals surface area contributed by atoms with Gasteiger partial charge >= 0.3 is 6.18 Å². The SMILES string of the molecule is CCn1nccc1CNCc1cnn(C)c1C(F)(F)F.Cl. The van der Waals surface area contributed by atoms with E-state index in [1.807, 2.05) is 13.0 Å². The molecule has 2 rings (SSSR count). The van der Waals surface area contributed by atoms with Gasteiger partial charge in [-0.15, -0.1) is 12.4 Å². The predicted octanol–water partition coefficient (Wildman–Crippen LogP) is 2.37. The zero-order valence-electron chi connectivity index (χ0n) is 11.7. The Kier molecular flexibility index (Phi) is 5.79. The highest BCUT2D eigenvalue weighted by molar-refractivity contribution is 5.85. The quantitative estimate of drug-likeness (QED) is 0.919. The van der Waals surface area contributed by atoms with Crippen LogP contribution in [0.15, 0.2) is 18.5 Å². The van der Waals surface area contributed by atoms with Gasteiger partial charge in [-0.2, -0.15) is 23.4 Å². The highest BCUT2D eigenvalue weighted by Crippen LogP contribution is 2.31. The topological polar surface area (TPSA) is 47.7 Å². The molecular formula is C12H17ClF3N5. The first-order chi connectivity index (χ1) is 9.43. The summed E-state index contributed by atoms with van der Waals surface area (Å²) in [4.78, 5) is 0. The van der Waals surface area contributed by atoms with Crippen molar-refractivity contribution in [3.05, 3.63) is 35.4 Å². The Morgan fingerprint density at radius 3 is 2.57 bits per heavy atom. The normalized spacial score (nSPS) is 11.5. The maximum Gasteiger partial charge on any atom is 0.433 e. The van der Waals surface area contributed by atoms with Crippen LogP contribution < -0.4 is 5.32 Å². The number of nitrogens with zero attached hydrogens (tertiary/aromatic N) is 4. The first kappa shape index (κ1) is 17.5. The fourth-order valence-corrected chi connectivity index (χ4v) is 2.10. The number of hydrogen-bond acceptors (Lipinski definition) is 3. The summed E-state index contributed by atoms with van der Waals surface area (Å²) >= 11 is 0. The number of alkyl halides is 3.